The molecule has 0 saturated heterocycles. The van der Waals surface area contributed by atoms with E-state index in [0.29, 0.717) is 40.8 Å². The Bertz CT molecular complexity index is 944. The van der Waals surface area contributed by atoms with Crippen LogP contribution in [0.15, 0.2) is 24.3 Å². The third-order valence-electron chi connectivity index (χ3n) is 4.41. The van der Waals surface area contributed by atoms with Crippen LogP contribution in [0.3, 0.4) is 0 Å². The van der Waals surface area contributed by atoms with Crippen LogP contribution in [-0.4, -0.2) is 49.7 Å². The van der Waals surface area contributed by atoms with E-state index in [4.69, 9.17) is 25.8 Å². The van der Waals surface area contributed by atoms with Crippen LogP contribution in [0.5, 0.6) is 5.75 Å². The number of benzene rings is 1. The van der Waals surface area contributed by atoms with Crippen LogP contribution in [0.1, 0.15) is 27.7 Å². The monoisotopic (exact) mass is 452 g/mol. The number of fused-ring (bicyclic) bond motifs is 1. The van der Waals surface area contributed by atoms with Crippen LogP contribution in [0, 0.1) is 0 Å². The minimum absolute atomic E-state index is 0.236. The summed E-state index contributed by atoms with van der Waals surface area (Å²) in [5.74, 6) is -0.458. The fourth-order valence-electron chi connectivity index (χ4n) is 3.02. The van der Waals surface area contributed by atoms with Crippen LogP contribution in [-0.2, 0) is 27.2 Å². The van der Waals surface area contributed by atoms with Crippen molar-refractivity contribution >= 4 is 45.9 Å². The van der Waals surface area contributed by atoms with Crippen molar-refractivity contribution in [1.29, 1.82) is 0 Å². The normalized spacial score (nSPS) is 12.7. The molecule has 1 aliphatic heterocycles. The van der Waals surface area contributed by atoms with Gasteiger partial charge in [-0.3, -0.25) is 4.79 Å². The molecule has 0 saturated carbocycles. The highest BCUT2D eigenvalue weighted by Gasteiger charge is 2.31. The van der Waals surface area contributed by atoms with E-state index >= 15 is 0 Å². The van der Waals surface area contributed by atoms with Crippen LogP contribution in [0.2, 0.25) is 5.02 Å². The Labute approximate surface area is 182 Å². The van der Waals surface area contributed by atoms with Crippen molar-refractivity contribution in [2.24, 2.45) is 0 Å². The van der Waals surface area contributed by atoms with Crippen molar-refractivity contribution in [1.82, 2.24) is 4.90 Å². The van der Waals surface area contributed by atoms with E-state index in [1.807, 2.05) is 0 Å². The molecule has 0 unspecified atom stereocenters. The van der Waals surface area contributed by atoms with Gasteiger partial charge in [-0.05, 0) is 43.2 Å². The Kier molecular flexibility index (Phi) is 7.17. The summed E-state index contributed by atoms with van der Waals surface area (Å²) >= 11 is 7.07. The summed E-state index contributed by atoms with van der Waals surface area (Å²) in [5.41, 5.74) is 1.10. The summed E-state index contributed by atoms with van der Waals surface area (Å²) in [6.07, 6.45) is 0.0600. The molecule has 8 nitrogen and oxygen atoms in total. The van der Waals surface area contributed by atoms with E-state index in [2.05, 4.69) is 5.32 Å². The molecule has 0 fully saturated rings. The summed E-state index contributed by atoms with van der Waals surface area (Å²) in [5, 5.41) is 3.67. The van der Waals surface area contributed by atoms with Crippen molar-refractivity contribution in [3.8, 4) is 5.75 Å². The maximum absolute atomic E-state index is 12.4. The molecule has 3 rings (SSSR count). The molecule has 30 heavy (non-hydrogen) atoms. The van der Waals surface area contributed by atoms with Gasteiger partial charge in [-0.15, -0.1) is 11.3 Å². The highest BCUT2D eigenvalue weighted by Crippen LogP contribution is 2.37. The number of thiophene rings is 1. The van der Waals surface area contributed by atoms with Gasteiger partial charge in [0.25, 0.3) is 5.91 Å². The first-order valence-electron chi connectivity index (χ1n) is 9.25. The van der Waals surface area contributed by atoms with Gasteiger partial charge in [-0.25, -0.2) is 9.59 Å². The molecule has 0 aliphatic carbocycles. The lowest BCUT2D eigenvalue weighted by Crippen LogP contribution is -2.36. The van der Waals surface area contributed by atoms with Crippen LogP contribution >= 0.6 is 22.9 Å². The van der Waals surface area contributed by atoms with E-state index in [0.717, 1.165) is 10.4 Å². The van der Waals surface area contributed by atoms with E-state index in [1.54, 1.807) is 36.1 Å². The highest BCUT2D eigenvalue weighted by atomic mass is 35.5. The third kappa shape index (κ3) is 5.03. The average Bonchev–Trinajstić information content (AvgIpc) is 3.09. The first-order chi connectivity index (χ1) is 14.4. The zero-order chi connectivity index (χ0) is 21.7. The number of ether oxygens (including phenoxy) is 3. The van der Waals surface area contributed by atoms with Gasteiger partial charge in [0.15, 0.2) is 6.61 Å². The molecule has 1 aromatic carbocycles. The smallest absolute Gasteiger partial charge is 0.410 e. The Balaban J connectivity index is 1.74. The number of amides is 2. The third-order valence-corrected chi connectivity index (χ3v) is 5.79. The number of esters is 1. The molecular weight excluding hydrogens is 432 g/mol. The van der Waals surface area contributed by atoms with Crippen molar-refractivity contribution in [2.75, 3.05) is 32.2 Å². The standard InChI is InChI=1S/C20H21ClN2O6S/c1-3-28-20(26)23-9-8-14-15(10-23)30-18(17(14)19(25)27-2)22-16(24)11-29-13-6-4-12(21)5-7-13/h4-7H,3,8-11H2,1-2H3,(H,22,24). The molecule has 1 aromatic heterocycles. The molecule has 2 amide bonds. The molecule has 0 bridgehead atoms. The predicted molar refractivity (Wildman–Crippen MR) is 112 cm³/mol. The number of hydrogen-bond donors (Lipinski definition) is 1. The van der Waals surface area contributed by atoms with E-state index in [9.17, 15) is 14.4 Å². The lowest BCUT2D eigenvalue weighted by Gasteiger charge is -2.26. The Morgan fingerprint density at radius 3 is 2.63 bits per heavy atom. The molecule has 0 radical (unpaired) electrons. The maximum atomic E-state index is 12.4. The van der Waals surface area contributed by atoms with E-state index in [1.165, 1.54) is 18.4 Å². The Morgan fingerprint density at radius 1 is 1.23 bits per heavy atom. The molecule has 2 aromatic rings. The summed E-state index contributed by atoms with van der Waals surface area (Å²) in [6.45, 7) is 2.52. The molecular formula is C20H21ClN2O6S. The lowest BCUT2D eigenvalue weighted by atomic mass is 10.0. The summed E-state index contributed by atoms with van der Waals surface area (Å²) in [7, 11) is 1.29. The van der Waals surface area contributed by atoms with Crippen LogP contribution in [0.4, 0.5) is 9.80 Å². The number of halogens is 1. The van der Waals surface area contributed by atoms with Crippen LogP contribution in [0.25, 0.3) is 0 Å². The second-order valence-corrected chi connectivity index (χ2v) is 7.90. The average molecular weight is 453 g/mol. The maximum Gasteiger partial charge on any atom is 0.410 e. The Hall–Kier alpha value is -2.78. The molecule has 0 atom stereocenters. The minimum atomic E-state index is -0.536. The van der Waals surface area contributed by atoms with Gasteiger partial charge in [-0.2, -0.15) is 0 Å². The largest absolute Gasteiger partial charge is 0.484 e. The minimum Gasteiger partial charge on any atom is -0.484 e. The number of carbonyl (C=O) groups is 3. The van der Waals surface area contributed by atoms with E-state index in [-0.39, 0.29) is 13.2 Å². The molecule has 1 N–H and O–H groups in total. The number of rotatable bonds is 6. The van der Waals surface area contributed by atoms with Crippen molar-refractivity contribution < 1.29 is 28.6 Å². The number of hydrogen-bond acceptors (Lipinski definition) is 7. The summed E-state index contributed by atoms with van der Waals surface area (Å²) in [6, 6.07) is 6.63. The lowest BCUT2D eigenvalue weighted by molar-refractivity contribution is -0.118. The number of carbonyl (C=O) groups excluding carboxylic acids is 3. The van der Waals surface area contributed by atoms with Crippen molar-refractivity contribution in [3.63, 3.8) is 0 Å². The predicted octanol–water partition coefficient (Wildman–Crippen LogP) is 3.72. The van der Waals surface area contributed by atoms with Crippen molar-refractivity contribution in [2.45, 2.75) is 19.9 Å². The summed E-state index contributed by atoms with van der Waals surface area (Å²) in [4.78, 5) is 39.2. The second kappa shape index (κ2) is 9.82. The molecule has 10 heteroatoms. The van der Waals surface area contributed by atoms with Gasteiger partial charge in [0.2, 0.25) is 0 Å². The van der Waals surface area contributed by atoms with Gasteiger partial charge < -0.3 is 24.4 Å². The fourth-order valence-corrected chi connectivity index (χ4v) is 4.42. The SMILES string of the molecule is CCOC(=O)N1CCc2c(sc(NC(=O)COc3ccc(Cl)cc3)c2C(=O)OC)C1. The van der Waals surface area contributed by atoms with Gasteiger partial charge in [0.05, 0.1) is 25.8 Å². The van der Waals surface area contributed by atoms with Gasteiger partial charge in [0.1, 0.15) is 10.8 Å². The fraction of sp³-hybridized carbons (Fsp3) is 0.350. The second-order valence-electron chi connectivity index (χ2n) is 6.36. The van der Waals surface area contributed by atoms with Crippen LogP contribution < -0.4 is 10.1 Å². The highest BCUT2D eigenvalue weighted by molar-refractivity contribution is 7.17. The van der Waals surface area contributed by atoms with Gasteiger partial charge >= 0.3 is 12.1 Å². The number of methoxy groups -OCH3 is 1. The number of anilines is 1. The number of nitrogens with one attached hydrogen (secondary N) is 1. The summed E-state index contributed by atoms with van der Waals surface area (Å²) < 4.78 is 15.4. The molecule has 0 spiro atoms. The van der Waals surface area contributed by atoms with Gasteiger partial charge in [-0.1, -0.05) is 11.6 Å². The topological polar surface area (TPSA) is 94.2 Å². The quantitative estimate of drug-likeness (QED) is 0.671. The first kappa shape index (κ1) is 21.9. The molecule has 2 heterocycles. The van der Waals surface area contributed by atoms with Gasteiger partial charge in [0, 0.05) is 16.4 Å². The molecule has 1 aliphatic rings. The first-order valence-corrected chi connectivity index (χ1v) is 10.4. The number of nitrogens with zero attached hydrogens (tertiary/aromatic N) is 1. The zero-order valence-corrected chi connectivity index (χ0v) is 18.1. The van der Waals surface area contributed by atoms with Crippen molar-refractivity contribution in [3.05, 3.63) is 45.3 Å². The zero-order valence-electron chi connectivity index (χ0n) is 16.5. The molecule has 160 valence electrons. The van der Waals surface area contributed by atoms with E-state index < -0.39 is 18.0 Å². The Morgan fingerprint density at radius 2 is 1.97 bits per heavy atom.